The molecule has 1 saturated heterocycles. The SMILES string of the molecule is C[C@H](CN1CCOCC1)n1c(NC#N)nc2cc(/C=C3/c4ccc(F)cc4OCc4c(F)cccc43)ccc21. The van der Waals surface area contributed by atoms with Gasteiger partial charge in [-0.05, 0) is 60.0 Å². The van der Waals surface area contributed by atoms with Crippen LogP contribution in [0.4, 0.5) is 14.7 Å². The summed E-state index contributed by atoms with van der Waals surface area (Å²) >= 11 is 0. The summed E-state index contributed by atoms with van der Waals surface area (Å²) in [6, 6.07) is 15.2. The summed E-state index contributed by atoms with van der Waals surface area (Å²) in [6.45, 7) is 6.08. The number of rotatable bonds is 5. The summed E-state index contributed by atoms with van der Waals surface area (Å²) in [5, 5.41) is 12.1. The highest BCUT2D eigenvalue weighted by molar-refractivity contribution is 5.96. The van der Waals surface area contributed by atoms with Gasteiger partial charge in [-0.3, -0.25) is 10.2 Å². The Balaban J connectivity index is 1.44. The third kappa shape index (κ3) is 4.85. The van der Waals surface area contributed by atoms with Gasteiger partial charge in [-0.2, -0.15) is 5.26 Å². The van der Waals surface area contributed by atoms with E-state index in [4.69, 9.17) is 14.5 Å². The molecule has 6 rings (SSSR count). The highest BCUT2D eigenvalue weighted by Crippen LogP contribution is 2.39. The fraction of sp³-hybridized carbons (Fsp3) is 0.267. The highest BCUT2D eigenvalue weighted by atomic mass is 19.1. The van der Waals surface area contributed by atoms with Gasteiger partial charge in [0, 0.05) is 42.9 Å². The van der Waals surface area contributed by atoms with Crippen molar-refractivity contribution in [3.05, 3.63) is 88.5 Å². The molecule has 0 spiro atoms. The first-order valence-corrected chi connectivity index (χ1v) is 12.9. The highest BCUT2D eigenvalue weighted by Gasteiger charge is 2.23. The second kappa shape index (κ2) is 10.5. The van der Waals surface area contributed by atoms with Crippen LogP contribution in [0.2, 0.25) is 0 Å². The van der Waals surface area contributed by atoms with Crippen LogP contribution >= 0.6 is 0 Å². The van der Waals surface area contributed by atoms with Gasteiger partial charge in [-0.15, -0.1) is 0 Å². The van der Waals surface area contributed by atoms with Crippen molar-refractivity contribution >= 4 is 28.6 Å². The number of benzene rings is 3. The molecule has 0 radical (unpaired) electrons. The number of nitrogens with zero attached hydrogens (tertiary/aromatic N) is 4. The van der Waals surface area contributed by atoms with Gasteiger partial charge in [-0.1, -0.05) is 18.2 Å². The van der Waals surface area contributed by atoms with Crippen molar-refractivity contribution in [2.45, 2.75) is 19.6 Å². The van der Waals surface area contributed by atoms with Gasteiger partial charge >= 0.3 is 0 Å². The first-order chi connectivity index (χ1) is 19.0. The standard InChI is InChI=1S/C30H27F2N5O2/c1-19(16-36-9-11-38-12-10-36)37-28-8-5-20(14-27(28)35-30(37)34-18-33)13-24-22-3-2-4-26(32)25(22)17-39-29-15-21(31)6-7-23(24)29/h2-8,13-15,19H,9-12,16-17H2,1H3,(H,34,35)/b24-13+/t19-/m1/s1. The number of nitrogens with one attached hydrogen (secondary N) is 1. The zero-order valence-electron chi connectivity index (χ0n) is 21.5. The Morgan fingerprint density at radius 3 is 2.77 bits per heavy atom. The van der Waals surface area contributed by atoms with Crippen molar-refractivity contribution in [1.82, 2.24) is 14.5 Å². The van der Waals surface area contributed by atoms with E-state index in [2.05, 4.69) is 17.1 Å². The number of aromatic nitrogens is 2. The van der Waals surface area contributed by atoms with Crippen LogP contribution in [0.5, 0.6) is 5.75 Å². The number of fused-ring (bicyclic) bond motifs is 3. The summed E-state index contributed by atoms with van der Waals surface area (Å²) in [5.74, 6) is 0.0476. The van der Waals surface area contributed by atoms with Crippen LogP contribution in [0.15, 0.2) is 54.6 Å². The fourth-order valence-electron chi connectivity index (χ4n) is 5.44. The Bertz CT molecular complexity index is 1620. The summed E-state index contributed by atoms with van der Waals surface area (Å²) in [7, 11) is 0. The van der Waals surface area contributed by atoms with E-state index < -0.39 is 5.82 Å². The second-order valence-corrected chi connectivity index (χ2v) is 9.81. The Kier molecular flexibility index (Phi) is 6.73. The van der Waals surface area contributed by atoms with Crippen LogP contribution in [0, 0.1) is 23.1 Å². The first kappa shape index (κ1) is 25.0. The Morgan fingerprint density at radius 2 is 1.95 bits per heavy atom. The summed E-state index contributed by atoms with van der Waals surface area (Å²) in [5.41, 5.74) is 4.97. The molecule has 7 nitrogen and oxygen atoms in total. The predicted octanol–water partition coefficient (Wildman–Crippen LogP) is 5.58. The number of halogens is 2. The largest absolute Gasteiger partial charge is 0.488 e. The molecule has 2 aliphatic heterocycles. The molecule has 0 bridgehead atoms. The van der Waals surface area contributed by atoms with Crippen LogP contribution in [0.1, 0.15) is 35.2 Å². The number of nitriles is 1. The molecule has 0 saturated carbocycles. The van der Waals surface area contributed by atoms with Crippen molar-refractivity contribution in [2.24, 2.45) is 0 Å². The van der Waals surface area contributed by atoms with Crippen molar-refractivity contribution in [3.63, 3.8) is 0 Å². The maximum atomic E-state index is 14.8. The molecule has 4 aromatic rings. The van der Waals surface area contributed by atoms with Crippen LogP contribution in [0.3, 0.4) is 0 Å². The van der Waals surface area contributed by atoms with E-state index in [-0.39, 0.29) is 18.5 Å². The molecule has 39 heavy (non-hydrogen) atoms. The molecule has 3 heterocycles. The number of hydrogen-bond acceptors (Lipinski definition) is 6. The molecule has 9 heteroatoms. The van der Waals surface area contributed by atoms with Crippen molar-refractivity contribution in [1.29, 1.82) is 5.26 Å². The molecule has 2 aliphatic rings. The number of ether oxygens (including phenoxy) is 2. The third-order valence-corrected chi connectivity index (χ3v) is 7.27. The number of hydrogen-bond donors (Lipinski definition) is 1. The lowest BCUT2D eigenvalue weighted by molar-refractivity contribution is 0.0329. The molecule has 1 N–H and O–H groups in total. The van der Waals surface area contributed by atoms with Crippen molar-refractivity contribution in [3.8, 4) is 11.9 Å². The summed E-state index contributed by atoms with van der Waals surface area (Å²) in [4.78, 5) is 7.07. The van der Waals surface area contributed by atoms with Crippen LogP contribution in [0.25, 0.3) is 22.7 Å². The minimum atomic E-state index is -0.421. The minimum Gasteiger partial charge on any atom is -0.488 e. The van der Waals surface area contributed by atoms with E-state index in [9.17, 15) is 14.0 Å². The predicted molar refractivity (Wildman–Crippen MR) is 145 cm³/mol. The van der Waals surface area contributed by atoms with Gasteiger partial charge in [-0.25, -0.2) is 13.8 Å². The van der Waals surface area contributed by atoms with E-state index in [0.717, 1.165) is 41.8 Å². The van der Waals surface area contributed by atoms with Gasteiger partial charge in [0.1, 0.15) is 24.0 Å². The van der Waals surface area contributed by atoms with E-state index in [1.165, 1.54) is 18.2 Å². The molecule has 0 aliphatic carbocycles. The lowest BCUT2D eigenvalue weighted by atomic mass is 9.92. The average Bonchev–Trinajstić information content (AvgIpc) is 3.21. The summed E-state index contributed by atoms with van der Waals surface area (Å²) < 4.78 is 42.2. The Labute approximate surface area is 224 Å². The van der Waals surface area contributed by atoms with Crippen LogP contribution in [-0.2, 0) is 11.3 Å². The topological polar surface area (TPSA) is 75.3 Å². The van der Waals surface area contributed by atoms with Gasteiger partial charge in [0.05, 0.1) is 24.2 Å². The van der Waals surface area contributed by atoms with E-state index >= 15 is 0 Å². The van der Waals surface area contributed by atoms with Crippen molar-refractivity contribution in [2.75, 3.05) is 38.2 Å². The number of morpholine rings is 1. The number of anilines is 1. The molecular formula is C30H27F2N5O2. The normalized spacial score (nSPS) is 17.1. The molecule has 3 aromatic carbocycles. The zero-order chi connectivity index (χ0) is 26.9. The fourth-order valence-corrected chi connectivity index (χ4v) is 5.44. The molecule has 1 aromatic heterocycles. The molecule has 0 amide bonds. The van der Waals surface area contributed by atoms with Gasteiger partial charge in [0.25, 0.3) is 0 Å². The van der Waals surface area contributed by atoms with Gasteiger partial charge in [0.15, 0.2) is 6.19 Å². The molecule has 1 fully saturated rings. The Morgan fingerprint density at radius 1 is 1.10 bits per heavy atom. The minimum absolute atomic E-state index is 0.00343. The smallest absolute Gasteiger partial charge is 0.217 e. The summed E-state index contributed by atoms with van der Waals surface area (Å²) in [6.07, 6.45) is 3.95. The Hall–Kier alpha value is -4.26. The lowest BCUT2D eigenvalue weighted by Crippen LogP contribution is -2.39. The maximum absolute atomic E-state index is 14.8. The average molecular weight is 528 g/mol. The van der Waals surface area contributed by atoms with Gasteiger partial charge in [0.2, 0.25) is 5.95 Å². The monoisotopic (exact) mass is 527 g/mol. The quantitative estimate of drug-likeness (QED) is 0.270. The van der Waals surface area contributed by atoms with Crippen LogP contribution < -0.4 is 10.1 Å². The zero-order valence-corrected chi connectivity index (χ0v) is 21.5. The molecular weight excluding hydrogens is 500 g/mol. The molecule has 1 atom stereocenters. The van der Waals surface area contributed by atoms with E-state index in [1.54, 1.807) is 12.1 Å². The van der Waals surface area contributed by atoms with Crippen molar-refractivity contribution < 1.29 is 18.3 Å². The van der Waals surface area contributed by atoms with Crippen LogP contribution in [-0.4, -0.2) is 47.3 Å². The molecule has 198 valence electrons. The maximum Gasteiger partial charge on any atom is 0.217 e. The lowest BCUT2D eigenvalue weighted by Gasteiger charge is -2.30. The second-order valence-electron chi connectivity index (χ2n) is 9.81. The molecule has 0 unspecified atom stereocenters. The third-order valence-electron chi connectivity index (χ3n) is 7.27. The number of imidazole rings is 1. The van der Waals surface area contributed by atoms with E-state index in [1.807, 2.05) is 41.1 Å². The van der Waals surface area contributed by atoms with Gasteiger partial charge < -0.3 is 14.0 Å². The van der Waals surface area contributed by atoms with E-state index in [0.29, 0.717) is 41.6 Å². The first-order valence-electron chi connectivity index (χ1n) is 12.9.